The van der Waals surface area contributed by atoms with Gasteiger partial charge >= 0.3 is 0 Å². The van der Waals surface area contributed by atoms with Gasteiger partial charge in [0.25, 0.3) is 0 Å². The Labute approximate surface area is 122 Å². The highest BCUT2D eigenvalue weighted by Crippen LogP contribution is 2.26. The summed E-state index contributed by atoms with van der Waals surface area (Å²) in [5.41, 5.74) is 6.50. The standard InChI is InChI=1S/C13H18N6O2/c1-19(2)13-17-11(14)16-12(18-13)15-7-8-4-5-10(21-3)9(20)6-8/h4-6,20H,7H2,1-3H3,(H3,14,15,16,17,18). The topological polar surface area (TPSA) is 109 Å². The number of phenolic OH excluding ortho intramolecular Hbond substituents is 1. The zero-order valence-electron chi connectivity index (χ0n) is 12.2. The molecule has 0 unspecified atom stereocenters. The molecule has 0 atom stereocenters. The first-order valence-corrected chi connectivity index (χ1v) is 6.28. The van der Waals surface area contributed by atoms with Gasteiger partial charge in [-0.15, -0.1) is 0 Å². The van der Waals surface area contributed by atoms with Gasteiger partial charge in [-0.2, -0.15) is 15.0 Å². The molecule has 0 saturated carbocycles. The van der Waals surface area contributed by atoms with E-state index in [1.165, 1.54) is 7.11 Å². The largest absolute Gasteiger partial charge is 0.504 e. The van der Waals surface area contributed by atoms with Crippen molar-refractivity contribution in [2.24, 2.45) is 0 Å². The SMILES string of the molecule is COc1ccc(CNc2nc(N)nc(N(C)C)n2)cc1O. The first-order chi connectivity index (χ1) is 9.99. The van der Waals surface area contributed by atoms with Gasteiger partial charge in [0.15, 0.2) is 11.5 Å². The van der Waals surface area contributed by atoms with E-state index in [9.17, 15) is 5.11 Å². The molecule has 0 saturated heterocycles. The molecule has 2 rings (SSSR count). The number of nitrogens with one attached hydrogen (secondary N) is 1. The second kappa shape index (κ2) is 6.12. The van der Waals surface area contributed by atoms with Crippen molar-refractivity contribution in [3.63, 3.8) is 0 Å². The van der Waals surface area contributed by atoms with Crippen molar-refractivity contribution in [3.8, 4) is 11.5 Å². The Balaban J connectivity index is 2.11. The number of hydrogen-bond acceptors (Lipinski definition) is 8. The molecule has 0 spiro atoms. The van der Waals surface area contributed by atoms with Crippen LogP contribution in [-0.4, -0.2) is 41.3 Å². The molecule has 8 nitrogen and oxygen atoms in total. The predicted octanol–water partition coefficient (Wildman–Crippen LogP) is 0.846. The van der Waals surface area contributed by atoms with Crippen molar-refractivity contribution in [1.29, 1.82) is 0 Å². The maximum atomic E-state index is 9.73. The van der Waals surface area contributed by atoms with E-state index in [1.54, 1.807) is 17.0 Å². The van der Waals surface area contributed by atoms with E-state index < -0.39 is 0 Å². The van der Waals surface area contributed by atoms with Crippen molar-refractivity contribution < 1.29 is 9.84 Å². The fraction of sp³-hybridized carbons (Fsp3) is 0.308. The van der Waals surface area contributed by atoms with Gasteiger partial charge in [-0.1, -0.05) is 6.07 Å². The highest BCUT2D eigenvalue weighted by molar-refractivity contribution is 5.44. The highest BCUT2D eigenvalue weighted by atomic mass is 16.5. The molecule has 8 heteroatoms. The fourth-order valence-electron chi connectivity index (χ4n) is 1.69. The molecule has 21 heavy (non-hydrogen) atoms. The smallest absolute Gasteiger partial charge is 0.231 e. The van der Waals surface area contributed by atoms with Crippen LogP contribution in [0.1, 0.15) is 5.56 Å². The highest BCUT2D eigenvalue weighted by Gasteiger charge is 2.07. The molecule has 1 heterocycles. The van der Waals surface area contributed by atoms with Crippen molar-refractivity contribution in [2.45, 2.75) is 6.54 Å². The van der Waals surface area contributed by atoms with E-state index in [2.05, 4.69) is 20.3 Å². The predicted molar refractivity (Wildman–Crippen MR) is 80.6 cm³/mol. The first-order valence-electron chi connectivity index (χ1n) is 6.28. The molecule has 0 bridgehead atoms. The van der Waals surface area contributed by atoms with Crippen LogP contribution in [0.15, 0.2) is 18.2 Å². The zero-order valence-corrected chi connectivity index (χ0v) is 12.2. The molecule has 0 radical (unpaired) electrons. The van der Waals surface area contributed by atoms with E-state index >= 15 is 0 Å². The second-order valence-corrected chi connectivity index (χ2v) is 4.57. The quantitative estimate of drug-likeness (QED) is 0.743. The summed E-state index contributed by atoms with van der Waals surface area (Å²) in [6.45, 7) is 0.438. The number of nitrogens with two attached hydrogens (primary N) is 1. The van der Waals surface area contributed by atoms with Crippen molar-refractivity contribution >= 4 is 17.8 Å². The van der Waals surface area contributed by atoms with Crippen molar-refractivity contribution in [2.75, 3.05) is 37.2 Å². The van der Waals surface area contributed by atoms with Crippen LogP contribution in [-0.2, 0) is 6.54 Å². The van der Waals surface area contributed by atoms with Crippen molar-refractivity contribution in [3.05, 3.63) is 23.8 Å². The molecule has 1 aromatic heterocycles. The van der Waals surface area contributed by atoms with Crippen LogP contribution in [0.2, 0.25) is 0 Å². The Morgan fingerprint density at radius 2 is 2.05 bits per heavy atom. The number of phenols is 1. The number of benzene rings is 1. The fourth-order valence-corrected chi connectivity index (χ4v) is 1.69. The molecule has 0 amide bonds. The van der Waals surface area contributed by atoms with Gasteiger partial charge in [0.05, 0.1) is 7.11 Å². The molecule has 0 aliphatic heterocycles. The summed E-state index contributed by atoms with van der Waals surface area (Å²) in [6, 6.07) is 5.14. The number of methoxy groups -OCH3 is 1. The minimum Gasteiger partial charge on any atom is -0.504 e. The third kappa shape index (κ3) is 3.62. The van der Waals surface area contributed by atoms with Crippen LogP contribution < -0.4 is 20.7 Å². The summed E-state index contributed by atoms with van der Waals surface area (Å²) in [7, 11) is 5.14. The molecular formula is C13H18N6O2. The minimum atomic E-state index is 0.0842. The van der Waals surface area contributed by atoms with E-state index in [0.717, 1.165) is 5.56 Å². The summed E-state index contributed by atoms with van der Waals surface area (Å²) < 4.78 is 5.00. The number of nitrogen functional groups attached to an aromatic ring is 1. The van der Waals surface area contributed by atoms with Crippen LogP contribution in [0.3, 0.4) is 0 Å². The third-order valence-electron chi connectivity index (χ3n) is 2.73. The lowest BCUT2D eigenvalue weighted by Crippen LogP contribution is -2.16. The van der Waals surface area contributed by atoms with Gasteiger partial charge in [0.1, 0.15) is 0 Å². The molecule has 2 aromatic rings. The number of rotatable bonds is 5. The van der Waals surface area contributed by atoms with Gasteiger partial charge < -0.3 is 25.8 Å². The lowest BCUT2D eigenvalue weighted by atomic mass is 10.2. The maximum absolute atomic E-state index is 9.73. The average molecular weight is 290 g/mol. The average Bonchev–Trinajstić information content (AvgIpc) is 2.44. The lowest BCUT2D eigenvalue weighted by molar-refractivity contribution is 0.373. The molecular weight excluding hydrogens is 272 g/mol. The molecule has 4 N–H and O–H groups in total. The molecule has 112 valence electrons. The summed E-state index contributed by atoms with van der Waals surface area (Å²) >= 11 is 0. The third-order valence-corrected chi connectivity index (χ3v) is 2.73. The monoisotopic (exact) mass is 290 g/mol. The number of anilines is 3. The summed E-state index contributed by atoms with van der Waals surface area (Å²) in [6.07, 6.45) is 0. The zero-order chi connectivity index (χ0) is 15.4. The van der Waals surface area contributed by atoms with E-state index in [1.807, 2.05) is 20.2 Å². The minimum absolute atomic E-state index is 0.0842. The number of nitrogens with zero attached hydrogens (tertiary/aromatic N) is 4. The number of hydrogen-bond donors (Lipinski definition) is 3. The number of aromatic nitrogens is 3. The van der Waals surface area contributed by atoms with Crippen LogP contribution >= 0.6 is 0 Å². The molecule has 0 fully saturated rings. The number of aromatic hydroxyl groups is 1. The van der Waals surface area contributed by atoms with Gasteiger partial charge in [0, 0.05) is 20.6 Å². The Morgan fingerprint density at radius 1 is 1.29 bits per heavy atom. The Morgan fingerprint density at radius 3 is 2.67 bits per heavy atom. The van der Waals surface area contributed by atoms with Crippen LogP contribution in [0.5, 0.6) is 11.5 Å². The van der Waals surface area contributed by atoms with Gasteiger partial charge in [0.2, 0.25) is 17.8 Å². The number of ether oxygens (including phenoxy) is 1. The summed E-state index contributed by atoms with van der Waals surface area (Å²) in [5, 5.41) is 12.8. The van der Waals surface area contributed by atoms with E-state index in [0.29, 0.717) is 24.2 Å². The van der Waals surface area contributed by atoms with E-state index in [4.69, 9.17) is 10.5 Å². The van der Waals surface area contributed by atoms with Crippen LogP contribution in [0, 0.1) is 0 Å². The van der Waals surface area contributed by atoms with Gasteiger partial charge in [-0.05, 0) is 17.7 Å². The van der Waals surface area contributed by atoms with Crippen molar-refractivity contribution in [1.82, 2.24) is 15.0 Å². The second-order valence-electron chi connectivity index (χ2n) is 4.57. The molecule has 1 aromatic carbocycles. The Kier molecular flexibility index (Phi) is 4.27. The Hall–Kier alpha value is -2.77. The summed E-state index contributed by atoms with van der Waals surface area (Å²) in [5.74, 6) is 1.51. The van der Waals surface area contributed by atoms with E-state index in [-0.39, 0.29) is 11.7 Å². The first kappa shape index (κ1) is 14.6. The maximum Gasteiger partial charge on any atom is 0.231 e. The normalized spacial score (nSPS) is 10.2. The Bertz CT molecular complexity index is 632. The molecule has 0 aliphatic rings. The molecule has 0 aliphatic carbocycles. The van der Waals surface area contributed by atoms with Gasteiger partial charge in [-0.3, -0.25) is 0 Å². The van der Waals surface area contributed by atoms with Gasteiger partial charge in [-0.25, -0.2) is 0 Å². The van der Waals surface area contributed by atoms with Crippen LogP contribution in [0.25, 0.3) is 0 Å². The summed E-state index contributed by atoms with van der Waals surface area (Å²) in [4.78, 5) is 14.0. The van der Waals surface area contributed by atoms with Crippen LogP contribution in [0.4, 0.5) is 17.8 Å². The lowest BCUT2D eigenvalue weighted by Gasteiger charge is -2.12.